The molecule has 2 aromatic carbocycles. The van der Waals surface area contributed by atoms with Crippen molar-refractivity contribution in [3.63, 3.8) is 0 Å². The minimum atomic E-state index is -0.816. The van der Waals surface area contributed by atoms with Gasteiger partial charge in [-0.15, -0.1) is 0 Å². The van der Waals surface area contributed by atoms with Crippen LogP contribution in [0.25, 0.3) is 0 Å². The number of nitro groups is 1. The summed E-state index contributed by atoms with van der Waals surface area (Å²) in [7, 11) is 0. The molecule has 1 N–H and O–H groups in total. The van der Waals surface area contributed by atoms with Gasteiger partial charge in [0.15, 0.2) is 0 Å². The monoisotopic (exact) mass is 294 g/mol. The Balaban J connectivity index is 2.17. The Labute approximate surface area is 120 Å². The van der Waals surface area contributed by atoms with Gasteiger partial charge in [0.2, 0.25) is 5.82 Å². The summed E-state index contributed by atoms with van der Waals surface area (Å²) in [5.41, 5.74) is 1.38. The third kappa shape index (κ3) is 3.05. The Morgan fingerprint density at radius 1 is 1.35 bits per heavy atom. The molecule has 6 heteroatoms. The van der Waals surface area contributed by atoms with Crippen molar-refractivity contribution in [1.82, 2.24) is 0 Å². The summed E-state index contributed by atoms with van der Waals surface area (Å²) in [5.74, 6) is -0.816. The molecule has 0 amide bonds. The molecule has 0 fully saturated rings. The van der Waals surface area contributed by atoms with E-state index in [4.69, 9.17) is 11.6 Å². The van der Waals surface area contributed by atoms with E-state index in [0.29, 0.717) is 5.02 Å². The first-order chi connectivity index (χ1) is 9.49. The highest BCUT2D eigenvalue weighted by atomic mass is 35.5. The maximum Gasteiger partial charge on any atom is 0.305 e. The molecular weight excluding hydrogens is 283 g/mol. The van der Waals surface area contributed by atoms with Gasteiger partial charge in [0, 0.05) is 28.9 Å². The molecule has 104 valence electrons. The van der Waals surface area contributed by atoms with Gasteiger partial charge in [-0.25, -0.2) is 0 Å². The summed E-state index contributed by atoms with van der Waals surface area (Å²) in [6, 6.07) is 9.49. The summed E-state index contributed by atoms with van der Waals surface area (Å²) in [5, 5.41) is 14.3. The minimum Gasteiger partial charge on any atom is -0.381 e. The van der Waals surface area contributed by atoms with Crippen LogP contribution >= 0.6 is 11.6 Å². The molecule has 0 spiro atoms. The fourth-order valence-electron chi connectivity index (χ4n) is 1.74. The van der Waals surface area contributed by atoms with Crippen molar-refractivity contribution in [2.75, 3.05) is 5.32 Å². The number of anilines is 1. The number of hydrogen-bond donors (Lipinski definition) is 1. The number of hydrogen-bond acceptors (Lipinski definition) is 3. The third-order valence-electron chi connectivity index (χ3n) is 2.91. The number of aryl methyl sites for hydroxylation is 1. The molecule has 0 radical (unpaired) electrons. The standard InChI is InChI=1S/C14H12ClFN2O2/c1-9-5-6-11(7-12(9)15)17-8-10-3-2-4-13(14(10)16)18(19)20/h2-7,17H,8H2,1H3. The fraction of sp³-hybridized carbons (Fsp3) is 0.143. The van der Waals surface area contributed by atoms with Crippen LogP contribution in [0.1, 0.15) is 11.1 Å². The zero-order valence-electron chi connectivity index (χ0n) is 10.7. The third-order valence-corrected chi connectivity index (χ3v) is 3.32. The average Bonchev–Trinajstić information content (AvgIpc) is 2.41. The zero-order chi connectivity index (χ0) is 14.7. The first-order valence-corrected chi connectivity index (χ1v) is 6.28. The summed E-state index contributed by atoms with van der Waals surface area (Å²) < 4.78 is 13.9. The zero-order valence-corrected chi connectivity index (χ0v) is 11.4. The maximum absolute atomic E-state index is 13.9. The van der Waals surface area contributed by atoms with Gasteiger partial charge >= 0.3 is 5.69 Å². The Hall–Kier alpha value is -2.14. The lowest BCUT2D eigenvalue weighted by Gasteiger charge is -2.09. The number of nitrogens with one attached hydrogen (secondary N) is 1. The second kappa shape index (κ2) is 5.88. The Bertz CT molecular complexity index is 662. The second-order valence-electron chi connectivity index (χ2n) is 4.32. The highest BCUT2D eigenvalue weighted by Gasteiger charge is 2.16. The molecule has 0 saturated carbocycles. The van der Waals surface area contributed by atoms with E-state index in [1.165, 1.54) is 12.1 Å². The van der Waals surface area contributed by atoms with Crippen molar-refractivity contribution >= 4 is 23.0 Å². The van der Waals surface area contributed by atoms with Crippen LogP contribution in [0.4, 0.5) is 15.8 Å². The first kappa shape index (κ1) is 14.3. The van der Waals surface area contributed by atoms with Crippen LogP contribution in [0.3, 0.4) is 0 Å². The lowest BCUT2D eigenvalue weighted by atomic mass is 10.1. The van der Waals surface area contributed by atoms with Crippen LogP contribution in [0.2, 0.25) is 5.02 Å². The van der Waals surface area contributed by atoms with E-state index in [-0.39, 0.29) is 12.1 Å². The second-order valence-corrected chi connectivity index (χ2v) is 4.73. The van der Waals surface area contributed by atoms with Crippen LogP contribution in [-0.2, 0) is 6.54 Å². The number of nitrogens with zero attached hydrogens (tertiary/aromatic N) is 1. The van der Waals surface area contributed by atoms with Gasteiger partial charge in [-0.1, -0.05) is 29.8 Å². The molecule has 4 nitrogen and oxygen atoms in total. The molecule has 0 aliphatic heterocycles. The summed E-state index contributed by atoms with van der Waals surface area (Å²) in [6.45, 7) is 2.03. The van der Waals surface area contributed by atoms with Crippen molar-refractivity contribution < 1.29 is 9.31 Å². The normalized spacial score (nSPS) is 10.3. The van der Waals surface area contributed by atoms with E-state index in [2.05, 4.69) is 5.32 Å². The fourth-order valence-corrected chi connectivity index (χ4v) is 1.92. The van der Waals surface area contributed by atoms with Crippen LogP contribution in [0, 0.1) is 22.9 Å². The number of benzene rings is 2. The van der Waals surface area contributed by atoms with E-state index in [1.807, 2.05) is 19.1 Å². The van der Waals surface area contributed by atoms with Crippen molar-refractivity contribution in [1.29, 1.82) is 0 Å². The van der Waals surface area contributed by atoms with Gasteiger partial charge in [0.1, 0.15) is 0 Å². The van der Waals surface area contributed by atoms with Gasteiger partial charge < -0.3 is 5.32 Å². The number of halogens is 2. The predicted octanol–water partition coefficient (Wildman–Crippen LogP) is 4.31. The smallest absolute Gasteiger partial charge is 0.305 e. The van der Waals surface area contributed by atoms with Crippen LogP contribution < -0.4 is 5.32 Å². The molecule has 0 heterocycles. The largest absolute Gasteiger partial charge is 0.381 e. The maximum atomic E-state index is 13.9. The molecule has 2 rings (SSSR count). The Morgan fingerprint density at radius 3 is 2.75 bits per heavy atom. The van der Waals surface area contributed by atoms with E-state index in [9.17, 15) is 14.5 Å². The highest BCUT2D eigenvalue weighted by Crippen LogP contribution is 2.23. The van der Waals surface area contributed by atoms with Gasteiger partial charge in [-0.3, -0.25) is 10.1 Å². The Kier molecular flexibility index (Phi) is 4.20. The molecule has 0 aliphatic rings. The average molecular weight is 295 g/mol. The molecule has 2 aromatic rings. The van der Waals surface area contributed by atoms with Crippen LogP contribution in [-0.4, -0.2) is 4.92 Å². The van der Waals surface area contributed by atoms with Gasteiger partial charge in [0.25, 0.3) is 0 Å². The van der Waals surface area contributed by atoms with Crippen LogP contribution in [0.15, 0.2) is 36.4 Å². The van der Waals surface area contributed by atoms with Gasteiger partial charge in [0.05, 0.1) is 4.92 Å². The molecule has 0 aromatic heterocycles. The SMILES string of the molecule is Cc1ccc(NCc2cccc([N+](=O)[O-])c2F)cc1Cl. The van der Waals surface area contributed by atoms with Crippen molar-refractivity contribution in [2.24, 2.45) is 0 Å². The van der Waals surface area contributed by atoms with E-state index >= 15 is 0 Å². The summed E-state index contributed by atoms with van der Waals surface area (Å²) in [6.07, 6.45) is 0. The van der Waals surface area contributed by atoms with E-state index in [0.717, 1.165) is 17.3 Å². The number of rotatable bonds is 4. The molecule has 20 heavy (non-hydrogen) atoms. The highest BCUT2D eigenvalue weighted by molar-refractivity contribution is 6.31. The summed E-state index contributed by atoms with van der Waals surface area (Å²) >= 11 is 5.99. The molecular formula is C14H12ClFN2O2. The lowest BCUT2D eigenvalue weighted by Crippen LogP contribution is -2.04. The van der Waals surface area contributed by atoms with E-state index < -0.39 is 16.4 Å². The quantitative estimate of drug-likeness (QED) is 0.675. The van der Waals surface area contributed by atoms with Gasteiger partial charge in [-0.2, -0.15) is 4.39 Å². The molecule has 0 saturated heterocycles. The lowest BCUT2D eigenvalue weighted by molar-refractivity contribution is -0.387. The topological polar surface area (TPSA) is 55.2 Å². The minimum absolute atomic E-state index is 0.146. The molecule has 0 atom stereocenters. The van der Waals surface area contributed by atoms with E-state index in [1.54, 1.807) is 6.07 Å². The molecule has 0 bridgehead atoms. The van der Waals surface area contributed by atoms with Crippen molar-refractivity contribution in [3.8, 4) is 0 Å². The van der Waals surface area contributed by atoms with Gasteiger partial charge in [-0.05, 0) is 24.6 Å². The Morgan fingerprint density at radius 2 is 2.10 bits per heavy atom. The number of nitro benzene ring substituents is 1. The van der Waals surface area contributed by atoms with Crippen molar-refractivity contribution in [2.45, 2.75) is 13.5 Å². The van der Waals surface area contributed by atoms with Crippen LogP contribution in [0.5, 0.6) is 0 Å². The first-order valence-electron chi connectivity index (χ1n) is 5.91. The van der Waals surface area contributed by atoms with Crippen molar-refractivity contribution in [3.05, 3.63) is 68.5 Å². The summed E-state index contributed by atoms with van der Waals surface area (Å²) in [4.78, 5) is 9.92. The molecule has 0 unspecified atom stereocenters. The molecule has 0 aliphatic carbocycles. The predicted molar refractivity (Wildman–Crippen MR) is 76.6 cm³/mol.